The zero-order valence-corrected chi connectivity index (χ0v) is 13.2. The van der Waals surface area contributed by atoms with E-state index in [4.69, 9.17) is 0 Å². The zero-order valence-electron chi connectivity index (χ0n) is 13.2. The predicted octanol–water partition coefficient (Wildman–Crippen LogP) is 3.08. The lowest BCUT2D eigenvalue weighted by molar-refractivity contribution is -0.153. The van der Waals surface area contributed by atoms with Crippen molar-refractivity contribution in [3.8, 4) is 0 Å². The molecule has 4 nitrogen and oxygen atoms in total. The smallest absolute Gasteiger partial charge is 0.309 e. The van der Waals surface area contributed by atoms with Gasteiger partial charge in [0.15, 0.2) is 0 Å². The molecule has 2 aliphatic rings. The topological polar surface area (TPSA) is 57.6 Å². The van der Waals surface area contributed by atoms with Crippen molar-refractivity contribution in [1.82, 2.24) is 4.90 Å². The highest BCUT2D eigenvalue weighted by Gasteiger charge is 2.40. The Morgan fingerprint density at radius 1 is 1.14 bits per heavy atom. The van der Waals surface area contributed by atoms with Crippen molar-refractivity contribution in [2.75, 3.05) is 13.1 Å². The molecule has 0 radical (unpaired) electrons. The second kappa shape index (κ2) is 6.63. The van der Waals surface area contributed by atoms with Gasteiger partial charge in [0.1, 0.15) is 0 Å². The van der Waals surface area contributed by atoms with Crippen LogP contribution in [0.15, 0.2) is 12.2 Å². The molecule has 0 aromatic carbocycles. The van der Waals surface area contributed by atoms with Crippen LogP contribution in [0.25, 0.3) is 0 Å². The lowest BCUT2D eigenvalue weighted by atomic mass is 9.74. The number of carboxylic acids is 1. The van der Waals surface area contributed by atoms with Gasteiger partial charge in [-0.15, -0.1) is 0 Å². The van der Waals surface area contributed by atoms with Crippen molar-refractivity contribution in [2.24, 2.45) is 17.3 Å². The maximum Gasteiger partial charge on any atom is 0.309 e. The molecule has 1 aliphatic carbocycles. The SMILES string of the molecule is CC(C)(C(=O)O)C1CCCN(C(=O)C2CCC=CCC2)C1. The van der Waals surface area contributed by atoms with E-state index in [9.17, 15) is 14.7 Å². The number of allylic oxidation sites excluding steroid dienone is 2. The molecule has 4 heteroatoms. The van der Waals surface area contributed by atoms with Crippen LogP contribution in [-0.2, 0) is 9.59 Å². The fourth-order valence-corrected chi connectivity index (χ4v) is 3.42. The van der Waals surface area contributed by atoms with Crippen LogP contribution < -0.4 is 0 Å². The van der Waals surface area contributed by atoms with Gasteiger partial charge in [-0.2, -0.15) is 0 Å². The van der Waals surface area contributed by atoms with Gasteiger partial charge >= 0.3 is 5.97 Å². The van der Waals surface area contributed by atoms with Gasteiger partial charge in [0.05, 0.1) is 5.41 Å². The summed E-state index contributed by atoms with van der Waals surface area (Å²) < 4.78 is 0. The van der Waals surface area contributed by atoms with E-state index in [1.807, 2.05) is 4.90 Å². The van der Waals surface area contributed by atoms with Crippen molar-refractivity contribution in [3.63, 3.8) is 0 Å². The molecule has 1 heterocycles. The second-order valence-electron chi connectivity index (χ2n) is 6.97. The Balaban J connectivity index is 2.00. The summed E-state index contributed by atoms with van der Waals surface area (Å²) >= 11 is 0. The molecule has 1 atom stereocenters. The lowest BCUT2D eigenvalue weighted by Gasteiger charge is -2.40. The van der Waals surface area contributed by atoms with Crippen LogP contribution in [0.5, 0.6) is 0 Å². The quantitative estimate of drug-likeness (QED) is 0.814. The maximum absolute atomic E-state index is 12.7. The number of amides is 1. The number of hydrogen-bond donors (Lipinski definition) is 1. The van der Waals surface area contributed by atoms with Crippen LogP contribution in [0, 0.1) is 17.3 Å². The third-order valence-corrected chi connectivity index (χ3v) is 5.18. The van der Waals surface area contributed by atoms with Crippen molar-refractivity contribution < 1.29 is 14.7 Å². The van der Waals surface area contributed by atoms with E-state index >= 15 is 0 Å². The van der Waals surface area contributed by atoms with Gasteiger partial charge in [0.2, 0.25) is 5.91 Å². The minimum atomic E-state index is -0.763. The zero-order chi connectivity index (χ0) is 15.5. The maximum atomic E-state index is 12.7. The first-order valence-electron chi connectivity index (χ1n) is 8.10. The summed E-state index contributed by atoms with van der Waals surface area (Å²) in [6.07, 6.45) is 9.97. The highest BCUT2D eigenvalue weighted by atomic mass is 16.4. The number of nitrogens with zero attached hydrogens (tertiary/aromatic N) is 1. The summed E-state index contributed by atoms with van der Waals surface area (Å²) in [5.41, 5.74) is -0.760. The fraction of sp³-hybridized carbons (Fsp3) is 0.765. The Bertz CT molecular complexity index is 418. The van der Waals surface area contributed by atoms with E-state index in [-0.39, 0.29) is 17.7 Å². The predicted molar refractivity (Wildman–Crippen MR) is 81.8 cm³/mol. The Morgan fingerprint density at radius 2 is 1.76 bits per heavy atom. The first kappa shape index (κ1) is 16.1. The number of carboxylic acid groups (broad SMARTS) is 1. The number of carbonyl (C=O) groups excluding carboxylic acids is 1. The molecule has 1 amide bonds. The average molecular weight is 293 g/mol. The van der Waals surface area contributed by atoms with Crippen molar-refractivity contribution in [3.05, 3.63) is 12.2 Å². The first-order valence-corrected chi connectivity index (χ1v) is 8.10. The van der Waals surface area contributed by atoms with Crippen molar-refractivity contribution in [2.45, 2.75) is 52.4 Å². The van der Waals surface area contributed by atoms with Gasteiger partial charge < -0.3 is 10.0 Å². The summed E-state index contributed by atoms with van der Waals surface area (Å²) in [7, 11) is 0. The van der Waals surface area contributed by atoms with Crippen LogP contribution in [0.2, 0.25) is 0 Å². The first-order chi connectivity index (χ1) is 9.93. The molecule has 1 unspecified atom stereocenters. The molecule has 1 N–H and O–H groups in total. The normalized spacial score (nSPS) is 24.7. The number of carbonyl (C=O) groups is 2. The largest absolute Gasteiger partial charge is 0.481 e. The van der Waals surface area contributed by atoms with E-state index in [2.05, 4.69) is 12.2 Å². The Kier molecular flexibility index (Phi) is 5.07. The molecule has 0 spiro atoms. The number of likely N-dealkylation sites (tertiary alicyclic amines) is 1. The van der Waals surface area contributed by atoms with Crippen LogP contribution in [-0.4, -0.2) is 35.0 Å². The molecule has 1 saturated heterocycles. The van der Waals surface area contributed by atoms with Crippen molar-refractivity contribution in [1.29, 1.82) is 0 Å². The Morgan fingerprint density at radius 3 is 2.33 bits per heavy atom. The van der Waals surface area contributed by atoms with Crippen LogP contribution >= 0.6 is 0 Å². The van der Waals surface area contributed by atoms with Crippen molar-refractivity contribution >= 4 is 11.9 Å². The van der Waals surface area contributed by atoms with Gasteiger partial charge in [-0.3, -0.25) is 9.59 Å². The summed E-state index contributed by atoms with van der Waals surface area (Å²) in [5.74, 6) is -0.353. The molecule has 21 heavy (non-hydrogen) atoms. The molecule has 2 rings (SSSR count). The van der Waals surface area contributed by atoms with Gasteiger partial charge in [-0.1, -0.05) is 12.2 Å². The molecule has 1 fully saturated rings. The van der Waals surface area contributed by atoms with Gasteiger partial charge in [0.25, 0.3) is 0 Å². The van der Waals surface area contributed by atoms with E-state index in [1.165, 1.54) is 0 Å². The van der Waals surface area contributed by atoms with Crippen LogP contribution in [0.1, 0.15) is 52.4 Å². The lowest BCUT2D eigenvalue weighted by Crippen LogP contribution is -2.48. The average Bonchev–Trinajstić information content (AvgIpc) is 2.75. The molecular weight excluding hydrogens is 266 g/mol. The Hall–Kier alpha value is -1.32. The summed E-state index contributed by atoms with van der Waals surface area (Å²) in [6, 6.07) is 0. The molecule has 0 bridgehead atoms. The minimum Gasteiger partial charge on any atom is -0.481 e. The van der Waals surface area contributed by atoms with Crippen LogP contribution in [0.3, 0.4) is 0 Å². The molecule has 0 aromatic heterocycles. The molecule has 118 valence electrons. The molecule has 1 aliphatic heterocycles. The third kappa shape index (κ3) is 3.66. The van der Waals surface area contributed by atoms with E-state index in [0.29, 0.717) is 6.54 Å². The van der Waals surface area contributed by atoms with Gasteiger partial charge in [0, 0.05) is 19.0 Å². The standard InChI is InChI=1S/C17H27NO3/c1-17(2,16(20)21)14-10-7-11-18(12-14)15(19)13-8-5-3-4-6-9-13/h3-4,13-14H,5-12H2,1-2H3,(H,20,21). The fourth-order valence-electron chi connectivity index (χ4n) is 3.42. The molecule has 0 aromatic rings. The summed E-state index contributed by atoms with van der Waals surface area (Å²) in [6.45, 7) is 4.95. The summed E-state index contributed by atoms with van der Waals surface area (Å²) in [4.78, 5) is 26.1. The Labute approximate surface area is 127 Å². The van der Waals surface area contributed by atoms with E-state index in [1.54, 1.807) is 13.8 Å². The van der Waals surface area contributed by atoms with E-state index in [0.717, 1.165) is 45.1 Å². The van der Waals surface area contributed by atoms with Crippen LogP contribution in [0.4, 0.5) is 0 Å². The molecule has 0 saturated carbocycles. The second-order valence-corrected chi connectivity index (χ2v) is 6.97. The number of piperidine rings is 1. The number of aliphatic carboxylic acids is 1. The number of rotatable bonds is 3. The van der Waals surface area contributed by atoms with Gasteiger partial charge in [-0.05, 0) is 58.3 Å². The monoisotopic (exact) mass is 293 g/mol. The highest BCUT2D eigenvalue weighted by Crippen LogP contribution is 2.35. The number of hydrogen-bond acceptors (Lipinski definition) is 2. The highest BCUT2D eigenvalue weighted by molar-refractivity contribution is 5.79. The summed E-state index contributed by atoms with van der Waals surface area (Å²) in [5, 5.41) is 9.39. The minimum absolute atomic E-state index is 0.0524. The van der Waals surface area contributed by atoms with Gasteiger partial charge in [-0.25, -0.2) is 0 Å². The third-order valence-electron chi connectivity index (χ3n) is 5.18. The molecular formula is C17H27NO3. The van der Waals surface area contributed by atoms with E-state index < -0.39 is 11.4 Å².